The molecule has 1 aliphatic carbocycles. The van der Waals surface area contributed by atoms with E-state index in [-0.39, 0.29) is 5.91 Å². The van der Waals surface area contributed by atoms with E-state index in [2.05, 4.69) is 17.3 Å². The molecule has 1 aliphatic rings. The maximum absolute atomic E-state index is 12.1. The lowest BCUT2D eigenvalue weighted by molar-refractivity contribution is -0.122. The monoisotopic (exact) mass is 311 g/mol. The number of hydrogen-bond donors (Lipinski definition) is 1. The molecule has 1 aromatic carbocycles. The van der Waals surface area contributed by atoms with Crippen LogP contribution < -0.4 is 5.32 Å². The predicted octanol–water partition coefficient (Wildman–Crippen LogP) is 3.50. The molecule has 0 spiro atoms. The van der Waals surface area contributed by atoms with Crippen LogP contribution >= 0.6 is 0 Å². The van der Waals surface area contributed by atoms with Gasteiger partial charge in [0.25, 0.3) is 0 Å². The highest BCUT2D eigenvalue weighted by atomic mass is 16.1. The van der Waals surface area contributed by atoms with Crippen molar-refractivity contribution in [2.24, 2.45) is 5.92 Å². The molecule has 1 saturated carbocycles. The smallest absolute Gasteiger partial charge is 0.220 e. The number of para-hydroxylation sites is 1. The van der Waals surface area contributed by atoms with Crippen molar-refractivity contribution in [2.75, 3.05) is 0 Å². The Labute approximate surface area is 137 Å². The predicted molar refractivity (Wildman–Crippen MR) is 91.4 cm³/mol. The van der Waals surface area contributed by atoms with E-state index in [4.69, 9.17) is 0 Å². The Morgan fingerprint density at radius 2 is 1.96 bits per heavy atom. The third-order valence-corrected chi connectivity index (χ3v) is 4.68. The van der Waals surface area contributed by atoms with Gasteiger partial charge >= 0.3 is 0 Å². The molecule has 1 heterocycles. The van der Waals surface area contributed by atoms with Gasteiger partial charge in [-0.05, 0) is 55.7 Å². The Bertz CT molecular complexity index is 627. The van der Waals surface area contributed by atoms with Crippen LogP contribution in [0.5, 0.6) is 0 Å². The Morgan fingerprint density at radius 1 is 1.22 bits per heavy atom. The molecule has 4 heteroatoms. The Morgan fingerprint density at radius 3 is 2.70 bits per heavy atom. The largest absolute Gasteiger partial charge is 0.353 e. The van der Waals surface area contributed by atoms with Gasteiger partial charge in [-0.15, -0.1) is 0 Å². The van der Waals surface area contributed by atoms with Crippen LogP contribution in [0.1, 0.15) is 44.6 Å². The number of carbonyl (C=O) groups excluding carboxylic acids is 1. The summed E-state index contributed by atoms with van der Waals surface area (Å²) in [5.74, 6) is 0.976. The molecule has 1 N–H and O–H groups in total. The van der Waals surface area contributed by atoms with Crippen molar-refractivity contribution in [3.63, 3.8) is 0 Å². The maximum atomic E-state index is 12.1. The second-order valence-electron chi connectivity index (χ2n) is 6.65. The van der Waals surface area contributed by atoms with Crippen molar-refractivity contribution >= 4 is 5.91 Å². The average Bonchev–Trinajstić information content (AvgIpc) is 3.05. The fourth-order valence-electron chi connectivity index (χ4n) is 3.17. The molecule has 4 nitrogen and oxygen atoms in total. The molecule has 23 heavy (non-hydrogen) atoms. The molecule has 1 amide bonds. The lowest BCUT2D eigenvalue weighted by Crippen LogP contribution is -2.37. The van der Waals surface area contributed by atoms with E-state index < -0.39 is 0 Å². The molecule has 2 aromatic rings. The summed E-state index contributed by atoms with van der Waals surface area (Å²) in [6.45, 7) is 2.29. The molecule has 0 saturated heterocycles. The number of amides is 1. The number of carbonyl (C=O) groups is 1. The molecular weight excluding hydrogens is 286 g/mol. The number of benzene rings is 1. The van der Waals surface area contributed by atoms with Crippen molar-refractivity contribution in [3.05, 3.63) is 48.3 Å². The molecular formula is C19H25N3O. The summed E-state index contributed by atoms with van der Waals surface area (Å²) < 4.78 is 1.86. The van der Waals surface area contributed by atoms with Gasteiger partial charge in [0.05, 0.1) is 11.9 Å². The van der Waals surface area contributed by atoms with E-state index in [1.165, 1.54) is 12.8 Å². The van der Waals surface area contributed by atoms with E-state index in [1.54, 1.807) is 0 Å². The van der Waals surface area contributed by atoms with Gasteiger partial charge in [-0.1, -0.05) is 25.1 Å². The Hall–Kier alpha value is -2.10. The van der Waals surface area contributed by atoms with Crippen LogP contribution in [-0.4, -0.2) is 21.7 Å². The standard InChI is InChI=1S/C19H25N3O/c1-15-7-10-17(11-8-15)21-19(23)12-9-16-13-20-22(14-16)18-5-3-2-4-6-18/h2-6,13-15,17H,7-12H2,1H3,(H,21,23). The van der Waals surface area contributed by atoms with Crippen molar-refractivity contribution in [3.8, 4) is 5.69 Å². The molecule has 1 fully saturated rings. The van der Waals surface area contributed by atoms with Crippen LogP contribution in [0.2, 0.25) is 0 Å². The third-order valence-electron chi connectivity index (χ3n) is 4.68. The van der Waals surface area contributed by atoms with Crippen LogP contribution in [0.15, 0.2) is 42.7 Å². The molecule has 0 radical (unpaired) electrons. The van der Waals surface area contributed by atoms with E-state index in [0.717, 1.165) is 36.4 Å². The first-order valence-corrected chi connectivity index (χ1v) is 8.59. The second-order valence-corrected chi connectivity index (χ2v) is 6.65. The highest BCUT2D eigenvalue weighted by Crippen LogP contribution is 2.23. The minimum atomic E-state index is 0.164. The summed E-state index contributed by atoms with van der Waals surface area (Å²) >= 11 is 0. The molecule has 0 aliphatic heterocycles. The van der Waals surface area contributed by atoms with Crippen molar-refractivity contribution in [1.82, 2.24) is 15.1 Å². The minimum Gasteiger partial charge on any atom is -0.353 e. The first kappa shape index (κ1) is 15.8. The molecule has 0 atom stereocenters. The fourth-order valence-corrected chi connectivity index (χ4v) is 3.17. The van der Waals surface area contributed by atoms with Crippen molar-refractivity contribution in [1.29, 1.82) is 0 Å². The fraction of sp³-hybridized carbons (Fsp3) is 0.474. The summed E-state index contributed by atoms with van der Waals surface area (Å²) in [6, 6.07) is 10.4. The summed E-state index contributed by atoms with van der Waals surface area (Å²) in [5, 5.41) is 7.56. The zero-order valence-corrected chi connectivity index (χ0v) is 13.7. The zero-order valence-electron chi connectivity index (χ0n) is 13.7. The summed E-state index contributed by atoms with van der Waals surface area (Å²) in [5.41, 5.74) is 2.14. The van der Waals surface area contributed by atoms with E-state index in [0.29, 0.717) is 12.5 Å². The summed E-state index contributed by atoms with van der Waals surface area (Å²) in [4.78, 5) is 12.1. The van der Waals surface area contributed by atoms with Gasteiger partial charge in [0, 0.05) is 18.7 Å². The molecule has 3 rings (SSSR count). The number of aromatic nitrogens is 2. The maximum Gasteiger partial charge on any atom is 0.220 e. The van der Waals surface area contributed by atoms with Gasteiger partial charge in [0.2, 0.25) is 5.91 Å². The first-order chi connectivity index (χ1) is 11.2. The quantitative estimate of drug-likeness (QED) is 0.918. The highest BCUT2D eigenvalue weighted by molar-refractivity contribution is 5.76. The van der Waals surface area contributed by atoms with Crippen LogP contribution in [0, 0.1) is 5.92 Å². The average molecular weight is 311 g/mol. The lowest BCUT2D eigenvalue weighted by atomic mass is 9.87. The molecule has 0 bridgehead atoms. The van der Waals surface area contributed by atoms with Gasteiger partial charge in [-0.3, -0.25) is 4.79 Å². The lowest BCUT2D eigenvalue weighted by Gasteiger charge is -2.26. The highest BCUT2D eigenvalue weighted by Gasteiger charge is 2.19. The van der Waals surface area contributed by atoms with Gasteiger partial charge in [-0.2, -0.15) is 5.10 Å². The number of nitrogens with one attached hydrogen (secondary N) is 1. The number of aryl methyl sites for hydroxylation is 1. The van der Waals surface area contributed by atoms with Gasteiger partial charge < -0.3 is 5.32 Å². The molecule has 1 aromatic heterocycles. The number of nitrogens with zero attached hydrogens (tertiary/aromatic N) is 2. The van der Waals surface area contributed by atoms with Gasteiger partial charge in [0.1, 0.15) is 0 Å². The summed E-state index contributed by atoms with van der Waals surface area (Å²) in [6.07, 6.45) is 9.84. The number of rotatable bonds is 5. The Balaban J connectivity index is 1.47. The zero-order chi connectivity index (χ0) is 16.1. The van der Waals surface area contributed by atoms with Gasteiger partial charge in [-0.25, -0.2) is 4.68 Å². The second kappa shape index (κ2) is 7.44. The van der Waals surface area contributed by atoms with Crippen LogP contribution in [-0.2, 0) is 11.2 Å². The first-order valence-electron chi connectivity index (χ1n) is 8.59. The minimum absolute atomic E-state index is 0.164. The Kier molecular flexibility index (Phi) is 5.11. The van der Waals surface area contributed by atoms with Crippen molar-refractivity contribution < 1.29 is 4.79 Å². The van der Waals surface area contributed by atoms with Gasteiger partial charge in [0.15, 0.2) is 0 Å². The third kappa shape index (κ3) is 4.44. The SMILES string of the molecule is CC1CCC(NC(=O)CCc2cnn(-c3ccccc3)c2)CC1. The van der Waals surface area contributed by atoms with Crippen LogP contribution in [0.4, 0.5) is 0 Å². The normalized spacial score (nSPS) is 21.1. The van der Waals surface area contributed by atoms with Crippen molar-refractivity contribution in [2.45, 2.75) is 51.5 Å². The van der Waals surface area contributed by atoms with E-state index in [9.17, 15) is 4.79 Å². The van der Waals surface area contributed by atoms with E-state index in [1.807, 2.05) is 47.4 Å². The summed E-state index contributed by atoms with van der Waals surface area (Å²) in [7, 11) is 0. The van der Waals surface area contributed by atoms with Crippen LogP contribution in [0.3, 0.4) is 0 Å². The number of hydrogen-bond acceptors (Lipinski definition) is 2. The molecule has 0 unspecified atom stereocenters. The topological polar surface area (TPSA) is 46.9 Å². The van der Waals surface area contributed by atoms with E-state index >= 15 is 0 Å². The van der Waals surface area contributed by atoms with Crippen LogP contribution in [0.25, 0.3) is 5.69 Å². The molecule has 122 valence electrons.